The molecule has 0 saturated heterocycles. The van der Waals surface area contributed by atoms with Gasteiger partial charge in [-0.2, -0.15) is 0 Å². The third kappa shape index (κ3) is 3.96. The summed E-state index contributed by atoms with van der Waals surface area (Å²) in [6.45, 7) is 4.46. The smallest absolute Gasteiger partial charge is 0.237 e. The molecule has 0 heterocycles. The fourth-order valence-corrected chi connectivity index (χ4v) is 2.70. The van der Waals surface area contributed by atoms with Crippen molar-refractivity contribution >= 4 is 5.91 Å². The van der Waals surface area contributed by atoms with Crippen LogP contribution < -0.4 is 5.32 Å². The van der Waals surface area contributed by atoms with Crippen LogP contribution >= 0.6 is 0 Å². The molecule has 2 N–H and O–H groups in total. The van der Waals surface area contributed by atoms with Gasteiger partial charge < -0.3 is 10.4 Å². The van der Waals surface area contributed by atoms with E-state index in [0.29, 0.717) is 6.54 Å². The Bertz CT molecular complexity index is 250. The lowest BCUT2D eigenvalue weighted by Crippen LogP contribution is -2.50. The first kappa shape index (κ1) is 14.5. The van der Waals surface area contributed by atoms with Gasteiger partial charge in [-0.15, -0.1) is 0 Å². The number of hydrogen-bond donors (Lipinski definition) is 2. The van der Waals surface area contributed by atoms with Gasteiger partial charge in [-0.3, -0.25) is 9.69 Å². The molecule has 0 aromatic carbocycles. The van der Waals surface area contributed by atoms with Crippen molar-refractivity contribution in [1.29, 1.82) is 0 Å². The van der Waals surface area contributed by atoms with Crippen LogP contribution in [0, 0.1) is 5.92 Å². The van der Waals surface area contributed by atoms with E-state index in [2.05, 4.69) is 5.32 Å². The van der Waals surface area contributed by atoms with Gasteiger partial charge in [-0.25, -0.2) is 0 Å². The zero-order chi connectivity index (χ0) is 13.1. The van der Waals surface area contributed by atoms with E-state index >= 15 is 0 Å². The first-order valence-corrected chi connectivity index (χ1v) is 6.52. The molecule has 100 valence electrons. The van der Waals surface area contributed by atoms with Gasteiger partial charge in [-0.05, 0) is 32.9 Å². The largest absolute Gasteiger partial charge is 0.388 e. The van der Waals surface area contributed by atoms with E-state index in [0.717, 1.165) is 25.7 Å². The molecule has 0 spiro atoms. The molecule has 1 amide bonds. The number of hydrogen-bond acceptors (Lipinski definition) is 3. The molecule has 1 aliphatic carbocycles. The maximum absolute atomic E-state index is 12.1. The van der Waals surface area contributed by atoms with Crippen molar-refractivity contribution in [2.24, 2.45) is 5.92 Å². The number of carbonyl (C=O) groups excluding carboxylic acids is 1. The van der Waals surface area contributed by atoms with Gasteiger partial charge in [0.15, 0.2) is 0 Å². The van der Waals surface area contributed by atoms with Crippen molar-refractivity contribution < 1.29 is 9.90 Å². The van der Waals surface area contributed by atoms with Crippen LogP contribution in [0.4, 0.5) is 0 Å². The van der Waals surface area contributed by atoms with E-state index in [-0.39, 0.29) is 17.9 Å². The molecule has 17 heavy (non-hydrogen) atoms. The number of rotatable bonds is 5. The summed E-state index contributed by atoms with van der Waals surface area (Å²) in [6.07, 6.45) is 3.74. The first-order chi connectivity index (χ1) is 7.86. The monoisotopic (exact) mass is 242 g/mol. The van der Waals surface area contributed by atoms with Gasteiger partial charge >= 0.3 is 0 Å². The number of aliphatic hydroxyl groups is 1. The molecule has 1 fully saturated rings. The lowest BCUT2D eigenvalue weighted by atomic mass is 10.00. The van der Waals surface area contributed by atoms with E-state index in [4.69, 9.17) is 0 Å². The van der Waals surface area contributed by atoms with Gasteiger partial charge in [-0.1, -0.05) is 26.7 Å². The Morgan fingerprint density at radius 3 is 2.29 bits per heavy atom. The van der Waals surface area contributed by atoms with E-state index in [1.807, 2.05) is 32.8 Å². The molecule has 1 atom stereocenters. The average Bonchev–Trinajstić information content (AvgIpc) is 2.62. The van der Waals surface area contributed by atoms with Crippen LogP contribution in [-0.4, -0.2) is 48.2 Å². The van der Waals surface area contributed by atoms with E-state index in [1.165, 1.54) is 0 Å². The van der Waals surface area contributed by atoms with E-state index in [1.54, 1.807) is 0 Å². The summed E-state index contributed by atoms with van der Waals surface area (Å²) >= 11 is 0. The first-order valence-electron chi connectivity index (χ1n) is 6.52. The molecular weight excluding hydrogens is 216 g/mol. The quantitative estimate of drug-likeness (QED) is 0.756. The molecule has 0 aromatic rings. The highest BCUT2D eigenvalue weighted by molar-refractivity contribution is 5.82. The van der Waals surface area contributed by atoms with Gasteiger partial charge in [0.1, 0.15) is 0 Å². The van der Waals surface area contributed by atoms with Gasteiger partial charge in [0.25, 0.3) is 0 Å². The highest BCUT2D eigenvalue weighted by Crippen LogP contribution is 2.28. The molecule has 1 unspecified atom stereocenters. The summed E-state index contributed by atoms with van der Waals surface area (Å²) in [5.74, 6) is 0.286. The number of amides is 1. The predicted molar refractivity (Wildman–Crippen MR) is 68.7 cm³/mol. The summed E-state index contributed by atoms with van der Waals surface area (Å²) in [6, 6.07) is -0.125. The second kappa shape index (κ2) is 5.83. The van der Waals surface area contributed by atoms with Crippen molar-refractivity contribution in [3.05, 3.63) is 0 Å². The predicted octanol–water partition coefficient (Wildman–Crippen LogP) is 0.994. The summed E-state index contributed by atoms with van der Waals surface area (Å²) in [4.78, 5) is 14.0. The van der Waals surface area contributed by atoms with E-state index in [9.17, 15) is 9.90 Å². The fourth-order valence-electron chi connectivity index (χ4n) is 2.70. The zero-order valence-corrected chi connectivity index (χ0v) is 11.5. The lowest BCUT2D eigenvalue weighted by Gasteiger charge is -2.29. The molecular formula is C13H26N2O2. The highest BCUT2D eigenvalue weighted by atomic mass is 16.3. The van der Waals surface area contributed by atoms with Crippen molar-refractivity contribution in [1.82, 2.24) is 10.2 Å². The molecule has 0 aromatic heterocycles. The zero-order valence-electron chi connectivity index (χ0n) is 11.5. The topological polar surface area (TPSA) is 52.6 Å². The third-order valence-electron chi connectivity index (χ3n) is 3.58. The molecule has 1 aliphatic rings. The minimum atomic E-state index is -0.663. The molecule has 4 heteroatoms. The molecule has 0 aliphatic heterocycles. The van der Waals surface area contributed by atoms with Crippen molar-refractivity contribution in [2.45, 2.75) is 51.2 Å². The Kier molecular flexibility index (Phi) is 4.95. The molecule has 0 radical (unpaired) electrons. The van der Waals surface area contributed by atoms with Crippen molar-refractivity contribution in [2.75, 3.05) is 20.6 Å². The summed E-state index contributed by atoms with van der Waals surface area (Å²) in [7, 11) is 3.82. The Labute approximate surface area is 104 Å². The highest BCUT2D eigenvalue weighted by Gasteiger charge is 2.33. The lowest BCUT2D eigenvalue weighted by molar-refractivity contribution is -0.128. The second-order valence-electron chi connectivity index (χ2n) is 5.80. The van der Waals surface area contributed by atoms with Crippen LogP contribution in [-0.2, 0) is 4.79 Å². The Morgan fingerprint density at radius 2 is 1.88 bits per heavy atom. The van der Waals surface area contributed by atoms with Gasteiger partial charge in [0, 0.05) is 6.54 Å². The summed E-state index contributed by atoms with van der Waals surface area (Å²) in [5, 5.41) is 13.1. The van der Waals surface area contributed by atoms with Crippen molar-refractivity contribution in [3.63, 3.8) is 0 Å². The van der Waals surface area contributed by atoms with Crippen LogP contribution in [0.3, 0.4) is 0 Å². The Hall–Kier alpha value is -0.610. The Balaban J connectivity index is 2.47. The van der Waals surface area contributed by atoms with Crippen LogP contribution in [0.2, 0.25) is 0 Å². The Morgan fingerprint density at radius 1 is 1.35 bits per heavy atom. The standard InChI is InChI=1S/C13H26N2O2/c1-10(2)11(15(3)4)12(16)14-9-13(17)7-5-6-8-13/h10-11,17H,5-9H2,1-4H3,(H,14,16). The maximum atomic E-state index is 12.1. The van der Waals surface area contributed by atoms with Crippen molar-refractivity contribution in [3.8, 4) is 0 Å². The number of likely N-dealkylation sites (N-methyl/N-ethyl adjacent to an activating group) is 1. The minimum absolute atomic E-state index is 0.0188. The molecule has 0 bridgehead atoms. The van der Waals surface area contributed by atoms with Crippen LogP contribution in [0.5, 0.6) is 0 Å². The van der Waals surface area contributed by atoms with Crippen LogP contribution in [0.25, 0.3) is 0 Å². The molecule has 1 rings (SSSR count). The molecule has 1 saturated carbocycles. The number of nitrogens with zero attached hydrogens (tertiary/aromatic N) is 1. The number of carbonyl (C=O) groups is 1. The normalized spacial score (nSPS) is 20.9. The second-order valence-corrected chi connectivity index (χ2v) is 5.80. The SMILES string of the molecule is CC(C)C(C(=O)NCC1(O)CCCC1)N(C)C. The summed E-state index contributed by atoms with van der Waals surface area (Å²) in [5.41, 5.74) is -0.663. The number of nitrogens with one attached hydrogen (secondary N) is 1. The van der Waals surface area contributed by atoms with Gasteiger partial charge in [0.05, 0.1) is 11.6 Å². The summed E-state index contributed by atoms with van der Waals surface area (Å²) < 4.78 is 0. The average molecular weight is 242 g/mol. The van der Waals surface area contributed by atoms with E-state index < -0.39 is 5.60 Å². The van der Waals surface area contributed by atoms with Gasteiger partial charge in [0.2, 0.25) is 5.91 Å². The van der Waals surface area contributed by atoms with Crippen LogP contribution in [0.1, 0.15) is 39.5 Å². The maximum Gasteiger partial charge on any atom is 0.237 e. The minimum Gasteiger partial charge on any atom is -0.388 e. The fraction of sp³-hybridized carbons (Fsp3) is 0.923. The third-order valence-corrected chi connectivity index (χ3v) is 3.58. The molecule has 4 nitrogen and oxygen atoms in total. The van der Waals surface area contributed by atoms with Crippen LogP contribution in [0.15, 0.2) is 0 Å².